The van der Waals surface area contributed by atoms with Crippen LogP contribution in [0.5, 0.6) is 0 Å². The van der Waals surface area contributed by atoms with Gasteiger partial charge in [0, 0.05) is 11.8 Å². The monoisotopic (exact) mass is 237 g/mol. The fourth-order valence-electron chi connectivity index (χ4n) is 1.24. The summed E-state index contributed by atoms with van der Waals surface area (Å²) in [6.07, 6.45) is 1.35. The fraction of sp³-hybridized carbons (Fsp3) is 0. The summed E-state index contributed by atoms with van der Waals surface area (Å²) >= 11 is 5.88. The number of carbonyl (C=O) groups excluding carboxylic acids is 1. The summed E-state index contributed by atoms with van der Waals surface area (Å²) in [6.45, 7) is 0. The van der Waals surface area contributed by atoms with Gasteiger partial charge in [0.05, 0.1) is 10.6 Å². The maximum absolute atomic E-state index is 11.8. The van der Waals surface area contributed by atoms with Gasteiger partial charge in [0.25, 0.3) is 5.91 Å². The first-order valence-electron chi connectivity index (χ1n) is 4.44. The van der Waals surface area contributed by atoms with Crippen molar-refractivity contribution in [2.24, 2.45) is 0 Å². The highest BCUT2D eigenvalue weighted by Crippen LogP contribution is 2.22. The van der Waals surface area contributed by atoms with Crippen molar-refractivity contribution in [2.75, 3.05) is 11.1 Å². The zero-order chi connectivity index (χ0) is 11.5. The van der Waals surface area contributed by atoms with E-state index in [-0.39, 0.29) is 5.56 Å². The lowest BCUT2D eigenvalue weighted by atomic mass is 10.1. The average Bonchev–Trinajstić information content (AvgIpc) is 2.70. The smallest absolute Gasteiger partial charge is 0.260 e. The maximum Gasteiger partial charge on any atom is 0.260 e. The predicted octanol–water partition coefficient (Wildman–Crippen LogP) is 2.16. The predicted molar refractivity (Wildman–Crippen MR) is 60.3 cm³/mol. The molecule has 0 saturated heterocycles. The largest absolute Gasteiger partial charge is 0.398 e. The molecule has 0 radical (unpaired) electrons. The van der Waals surface area contributed by atoms with Crippen LogP contribution in [0.1, 0.15) is 10.4 Å². The first kappa shape index (κ1) is 10.5. The van der Waals surface area contributed by atoms with Crippen molar-refractivity contribution in [2.45, 2.75) is 0 Å². The third kappa shape index (κ3) is 1.99. The summed E-state index contributed by atoms with van der Waals surface area (Å²) in [5.74, 6) is -0.110. The lowest BCUT2D eigenvalue weighted by Crippen LogP contribution is -2.14. The number of rotatable bonds is 2. The first-order valence-corrected chi connectivity index (χ1v) is 4.82. The van der Waals surface area contributed by atoms with Crippen LogP contribution in [0.4, 0.5) is 11.5 Å². The number of anilines is 2. The van der Waals surface area contributed by atoms with Crippen molar-refractivity contribution < 1.29 is 9.32 Å². The molecule has 0 fully saturated rings. The number of nitrogens with one attached hydrogen (secondary N) is 1. The summed E-state index contributed by atoms with van der Waals surface area (Å²) in [6, 6.07) is 6.38. The number of halogens is 1. The van der Waals surface area contributed by atoms with Gasteiger partial charge in [-0.1, -0.05) is 22.8 Å². The Morgan fingerprint density at radius 2 is 2.25 bits per heavy atom. The highest BCUT2D eigenvalue weighted by Gasteiger charge is 2.14. The summed E-state index contributed by atoms with van der Waals surface area (Å²) in [5.41, 5.74) is 6.20. The Labute approximate surface area is 96.2 Å². The molecule has 6 heteroatoms. The van der Waals surface area contributed by atoms with E-state index < -0.39 is 5.91 Å². The zero-order valence-corrected chi connectivity index (χ0v) is 8.86. The van der Waals surface area contributed by atoms with Gasteiger partial charge in [-0.15, -0.1) is 0 Å². The molecule has 2 aromatic rings. The van der Waals surface area contributed by atoms with Crippen LogP contribution < -0.4 is 11.1 Å². The fourth-order valence-corrected chi connectivity index (χ4v) is 1.50. The minimum atomic E-state index is -0.419. The number of nitrogens with zero attached hydrogens (tertiary/aromatic N) is 1. The Hall–Kier alpha value is -2.01. The lowest BCUT2D eigenvalue weighted by molar-refractivity contribution is 0.102. The number of amides is 1. The molecule has 0 bridgehead atoms. The zero-order valence-electron chi connectivity index (χ0n) is 8.11. The van der Waals surface area contributed by atoms with E-state index in [9.17, 15) is 4.79 Å². The molecule has 3 N–H and O–H groups in total. The molecule has 0 spiro atoms. The van der Waals surface area contributed by atoms with Crippen LogP contribution in [0.15, 0.2) is 35.1 Å². The Balaban J connectivity index is 2.28. The van der Waals surface area contributed by atoms with Crippen LogP contribution >= 0.6 is 11.6 Å². The number of nitrogen functional groups attached to an aromatic ring is 1. The van der Waals surface area contributed by atoms with Gasteiger partial charge in [0.1, 0.15) is 6.26 Å². The van der Waals surface area contributed by atoms with Gasteiger partial charge in [0.2, 0.25) is 0 Å². The summed E-state index contributed by atoms with van der Waals surface area (Å²) in [4.78, 5) is 11.8. The number of carbonyl (C=O) groups is 1. The molecule has 1 amide bonds. The summed E-state index contributed by atoms with van der Waals surface area (Å²) in [7, 11) is 0. The second-order valence-corrected chi connectivity index (χ2v) is 3.45. The lowest BCUT2D eigenvalue weighted by Gasteiger charge is -2.06. The second kappa shape index (κ2) is 4.24. The van der Waals surface area contributed by atoms with E-state index in [1.54, 1.807) is 18.2 Å². The van der Waals surface area contributed by atoms with Crippen molar-refractivity contribution in [1.29, 1.82) is 0 Å². The topological polar surface area (TPSA) is 81.2 Å². The molecule has 2 rings (SSSR count). The Morgan fingerprint density at radius 3 is 2.88 bits per heavy atom. The average molecular weight is 238 g/mol. The Bertz CT molecular complexity index is 491. The first-order chi connectivity index (χ1) is 7.68. The van der Waals surface area contributed by atoms with E-state index in [2.05, 4.69) is 15.0 Å². The number of nitrogens with two attached hydrogens (primary N) is 1. The number of hydrogen-bond donors (Lipinski definition) is 2. The molecular formula is C10H8ClN3O2. The number of hydrogen-bond acceptors (Lipinski definition) is 4. The molecule has 0 atom stereocenters. The SMILES string of the molecule is Nc1cccc(Cl)c1C(=O)Nc1ccon1. The van der Waals surface area contributed by atoms with Crippen molar-refractivity contribution in [3.8, 4) is 0 Å². The van der Waals surface area contributed by atoms with Crippen molar-refractivity contribution in [1.82, 2.24) is 5.16 Å². The van der Waals surface area contributed by atoms with Gasteiger partial charge >= 0.3 is 0 Å². The van der Waals surface area contributed by atoms with E-state index in [4.69, 9.17) is 17.3 Å². The van der Waals surface area contributed by atoms with E-state index in [0.717, 1.165) is 0 Å². The maximum atomic E-state index is 11.8. The van der Waals surface area contributed by atoms with Gasteiger partial charge in [0.15, 0.2) is 5.82 Å². The van der Waals surface area contributed by atoms with Crippen LogP contribution in [-0.2, 0) is 0 Å². The molecule has 1 aromatic carbocycles. The third-order valence-corrected chi connectivity index (χ3v) is 2.27. The Kier molecular flexibility index (Phi) is 2.78. The molecule has 16 heavy (non-hydrogen) atoms. The molecule has 0 aliphatic carbocycles. The van der Waals surface area contributed by atoms with Gasteiger partial charge in [-0.25, -0.2) is 0 Å². The summed E-state index contributed by atoms with van der Waals surface area (Å²) < 4.78 is 4.58. The number of aromatic nitrogens is 1. The van der Waals surface area contributed by atoms with Gasteiger partial charge in [-0.2, -0.15) is 0 Å². The standard InChI is InChI=1S/C10H8ClN3O2/c11-6-2-1-3-7(12)9(6)10(15)13-8-4-5-16-14-8/h1-5H,12H2,(H,13,14,15). The van der Waals surface area contributed by atoms with Crippen LogP contribution in [0, 0.1) is 0 Å². The van der Waals surface area contributed by atoms with Crippen LogP contribution in [0.3, 0.4) is 0 Å². The van der Waals surface area contributed by atoms with Crippen molar-refractivity contribution >= 4 is 29.0 Å². The number of benzene rings is 1. The van der Waals surface area contributed by atoms with Gasteiger partial charge in [-0.05, 0) is 12.1 Å². The molecule has 0 saturated carbocycles. The van der Waals surface area contributed by atoms with E-state index in [1.165, 1.54) is 12.3 Å². The van der Waals surface area contributed by atoms with Gasteiger partial charge < -0.3 is 15.6 Å². The van der Waals surface area contributed by atoms with Crippen molar-refractivity contribution in [3.05, 3.63) is 41.1 Å². The van der Waals surface area contributed by atoms with Crippen LogP contribution in [-0.4, -0.2) is 11.1 Å². The molecule has 0 aliphatic rings. The van der Waals surface area contributed by atoms with Crippen LogP contribution in [0.2, 0.25) is 5.02 Å². The van der Waals surface area contributed by atoms with Crippen LogP contribution in [0.25, 0.3) is 0 Å². The quantitative estimate of drug-likeness (QED) is 0.785. The normalized spacial score (nSPS) is 10.1. The highest BCUT2D eigenvalue weighted by atomic mass is 35.5. The minimum Gasteiger partial charge on any atom is -0.398 e. The molecular weight excluding hydrogens is 230 g/mol. The van der Waals surface area contributed by atoms with Crippen molar-refractivity contribution in [3.63, 3.8) is 0 Å². The Morgan fingerprint density at radius 1 is 1.44 bits per heavy atom. The molecule has 5 nitrogen and oxygen atoms in total. The van der Waals surface area contributed by atoms with Gasteiger partial charge in [-0.3, -0.25) is 4.79 Å². The third-order valence-electron chi connectivity index (χ3n) is 1.95. The second-order valence-electron chi connectivity index (χ2n) is 3.04. The molecule has 1 heterocycles. The highest BCUT2D eigenvalue weighted by molar-refractivity contribution is 6.35. The van der Waals surface area contributed by atoms with E-state index >= 15 is 0 Å². The minimum absolute atomic E-state index is 0.229. The summed E-state index contributed by atoms with van der Waals surface area (Å²) in [5, 5.41) is 6.35. The molecule has 1 aromatic heterocycles. The molecule has 82 valence electrons. The molecule has 0 aliphatic heterocycles. The molecule has 0 unspecified atom stereocenters. The van der Waals surface area contributed by atoms with E-state index in [1.807, 2.05) is 0 Å². The van der Waals surface area contributed by atoms with E-state index in [0.29, 0.717) is 16.5 Å².